The molecular formula is C24H28N4O2Si. The summed E-state index contributed by atoms with van der Waals surface area (Å²) in [5.41, 5.74) is 11.1. The van der Waals surface area contributed by atoms with Gasteiger partial charge in [0, 0.05) is 43.1 Å². The number of hydrogen-bond donors (Lipinski definition) is 2. The van der Waals surface area contributed by atoms with Gasteiger partial charge in [-0.15, -0.1) is 0 Å². The van der Waals surface area contributed by atoms with Crippen molar-refractivity contribution in [3.63, 3.8) is 0 Å². The Morgan fingerprint density at radius 2 is 1.65 bits per heavy atom. The minimum atomic E-state index is -1.15. The first-order valence-corrected chi connectivity index (χ1v) is 14.1. The minimum Gasteiger partial charge on any atom is -0.508 e. The van der Waals surface area contributed by atoms with Crippen LogP contribution in [0.3, 0.4) is 0 Å². The summed E-state index contributed by atoms with van der Waals surface area (Å²) < 4.78 is 7.76. The molecule has 0 spiro atoms. The maximum Gasteiger partial charge on any atom is 0.160 e. The maximum atomic E-state index is 9.68. The van der Waals surface area contributed by atoms with Crippen LogP contribution in [0.25, 0.3) is 33.4 Å². The third kappa shape index (κ3) is 4.95. The van der Waals surface area contributed by atoms with E-state index in [4.69, 9.17) is 20.6 Å². The zero-order valence-corrected chi connectivity index (χ0v) is 19.2. The molecule has 7 heteroatoms. The summed E-state index contributed by atoms with van der Waals surface area (Å²) in [6.45, 7) is 8.08. The molecule has 0 saturated heterocycles. The molecule has 0 fully saturated rings. The quantitative estimate of drug-likeness (QED) is 0.233. The van der Waals surface area contributed by atoms with E-state index in [0.29, 0.717) is 6.73 Å². The molecule has 2 aromatic carbocycles. The maximum absolute atomic E-state index is 9.68. The number of hydrogen-bond acceptors (Lipinski definition) is 5. The van der Waals surface area contributed by atoms with Crippen molar-refractivity contribution in [3.8, 4) is 28.1 Å². The molecule has 0 bridgehead atoms. The highest BCUT2D eigenvalue weighted by Gasteiger charge is 2.16. The zero-order valence-electron chi connectivity index (χ0n) is 18.2. The van der Waals surface area contributed by atoms with Crippen LogP contribution in [0.15, 0.2) is 60.8 Å². The number of ether oxygens (including phenoxy) is 1. The average Bonchev–Trinajstić information content (AvgIpc) is 3.09. The second-order valence-electron chi connectivity index (χ2n) is 8.96. The van der Waals surface area contributed by atoms with Gasteiger partial charge in [0.1, 0.15) is 18.2 Å². The van der Waals surface area contributed by atoms with E-state index in [1.807, 2.05) is 47.3 Å². The molecule has 160 valence electrons. The Morgan fingerprint density at radius 3 is 2.32 bits per heavy atom. The Labute approximate surface area is 183 Å². The Bertz CT molecular complexity index is 1180. The fourth-order valence-electron chi connectivity index (χ4n) is 3.34. The normalized spacial score (nSPS) is 11.8. The van der Waals surface area contributed by atoms with Gasteiger partial charge in [-0.3, -0.25) is 0 Å². The van der Waals surface area contributed by atoms with Crippen LogP contribution < -0.4 is 5.73 Å². The van der Waals surface area contributed by atoms with Gasteiger partial charge in [0.2, 0.25) is 0 Å². The molecular weight excluding hydrogens is 404 g/mol. The number of nitrogens with zero attached hydrogens (tertiary/aromatic N) is 3. The molecule has 0 atom stereocenters. The number of aromatic hydroxyl groups is 1. The highest BCUT2D eigenvalue weighted by atomic mass is 28.3. The van der Waals surface area contributed by atoms with Crippen LogP contribution in [0.1, 0.15) is 0 Å². The molecule has 31 heavy (non-hydrogen) atoms. The van der Waals surface area contributed by atoms with Crippen LogP contribution >= 0.6 is 0 Å². The Balaban J connectivity index is 1.72. The molecule has 4 aromatic rings. The summed E-state index contributed by atoms with van der Waals surface area (Å²) in [6.07, 6.45) is 1.86. The van der Waals surface area contributed by atoms with E-state index in [9.17, 15) is 5.11 Å². The van der Waals surface area contributed by atoms with Gasteiger partial charge in [-0.2, -0.15) is 5.10 Å². The van der Waals surface area contributed by atoms with Crippen molar-refractivity contribution in [2.75, 3.05) is 12.3 Å². The summed E-state index contributed by atoms with van der Waals surface area (Å²) in [5.74, 6) is 0.225. The van der Waals surface area contributed by atoms with E-state index in [2.05, 4.69) is 25.7 Å². The Kier molecular flexibility index (Phi) is 5.80. The van der Waals surface area contributed by atoms with Crippen molar-refractivity contribution in [2.24, 2.45) is 0 Å². The van der Waals surface area contributed by atoms with Crippen molar-refractivity contribution in [3.05, 3.63) is 60.8 Å². The van der Waals surface area contributed by atoms with Gasteiger partial charge in [-0.25, -0.2) is 9.67 Å². The summed E-state index contributed by atoms with van der Waals surface area (Å²) in [5, 5.41) is 15.4. The molecule has 2 aromatic heterocycles. The van der Waals surface area contributed by atoms with Crippen molar-refractivity contribution in [2.45, 2.75) is 32.4 Å². The zero-order chi connectivity index (χ0) is 22.0. The van der Waals surface area contributed by atoms with E-state index in [0.717, 1.165) is 51.8 Å². The van der Waals surface area contributed by atoms with Crippen LogP contribution in [0.4, 0.5) is 5.69 Å². The number of nitrogens with two attached hydrogens (primary N) is 1. The van der Waals surface area contributed by atoms with Crippen LogP contribution in [-0.4, -0.2) is 34.6 Å². The van der Waals surface area contributed by atoms with Crippen LogP contribution in [0, 0.1) is 0 Å². The molecule has 0 aliphatic heterocycles. The molecule has 0 aliphatic rings. The molecule has 0 saturated carbocycles. The van der Waals surface area contributed by atoms with Gasteiger partial charge in [0.25, 0.3) is 0 Å². The number of phenolic OH excluding ortho intramolecular Hbond substituents is 1. The van der Waals surface area contributed by atoms with Crippen LogP contribution in [0.5, 0.6) is 5.75 Å². The van der Waals surface area contributed by atoms with Gasteiger partial charge in [0.05, 0.1) is 0 Å². The van der Waals surface area contributed by atoms with Crippen molar-refractivity contribution in [1.82, 2.24) is 14.8 Å². The standard InChI is InChI=1S/C24H28N4O2Si/c1-31(2,3)13-12-30-16-28-24-22(23(27-28)18-6-10-21(29)11-7-18)14-19(15-26-24)17-4-8-20(25)9-5-17/h4-11,14-15,29H,12-13,16,25H2,1-3H3. The first-order chi connectivity index (χ1) is 14.8. The second-order valence-corrected chi connectivity index (χ2v) is 14.6. The van der Waals surface area contributed by atoms with Crippen molar-refractivity contribution in [1.29, 1.82) is 0 Å². The predicted molar refractivity (Wildman–Crippen MR) is 129 cm³/mol. The van der Waals surface area contributed by atoms with Gasteiger partial charge in [-0.05, 0) is 54.1 Å². The Hall–Kier alpha value is -3.16. The highest BCUT2D eigenvalue weighted by molar-refractivity contribution is 6.76. The molecule has 0 amide bonds. The van der Waals surface area contributed by atoms with Crippen molar-refractivity contribution < 1.29 is 9.84 Å². The second kappa shape index (κ2) is 8.53. The molecule has 0 unspecified atom stereocenters. The monoisotopic (exact) mass is 432 g/mol. The van der Waals surface area contributed by atoms with Gasteiger partial charge < -0.3 is 15.6 Å². The van der Waals surface area contributed by atoms with Crippen LogP contribution in [0.2, 0.25) is 25.7 Å². The minimum absolute atomic E-state index is 0.225. The fourth-order valence-corrected chi connectivity index (χ4v) is 4.10. The lowest BCUT2D eigenvalue weighted by atomic mass is 10.0. The van der Waals surface area contributed by atoms with E-state index in [1.54, 1.807) is 12.1 Å². The molecule has 0 radical (unpaired) electrons. The Morgan fingerprint density at radius 1 is 0.968 bits per heavy atom. The van der Waals surface area contributed by atoms with E-state index in [1.165, 1.54) is 0 Å². The summed E-state index contributed by atoms with van der Waals surface area (Å²) >= 11 is 0. The van der Waals surface area contributed by atoms with Gasteiger partial charge >= 0.3 is 0 Å². The predicted octanol–water partition coefficient (Wildman–Crippen LogP) is 5.37. The van der Waals surface area contributed by atoms with E-state index < -0.39 is 8.07 Å². The highest BCUT2D eigenvalue weighted by Crippen LogP contribution is 2.31. The first-order valence-electron chi connectivity index (χ1n) is 10.4. The smallest absolute Gasteiger partial charge is 0.160 e. The summed E-state index contributed by atoms with van der Waals surface area (Å²) in [4.78, 5) is 4.72. The lowest BCUT2D eigenvalue weighted by molar-refractivity contribution is 0.0814. The van der Waals surface area contributed by atoms with Crippen LogP contribution in [-0.2, 0) is 11.5 Å². The largest absolute Gasteiger partial charge is 0.508 e. The van der Waals surface area contributed by atoms with E-state index >= 15 is 0 Å². The number of benzene rings is 2. The third-order valence-electron chi connectivity index (χ3n) is 5.18. The third-order valence-corrected chi connectivity index (χ3v) is 6.89. The molecule has 4 rings (SSSR count). The number of anilines is 1. The van der Waals surface area contributed by atoms with E-state index in [-0.39, 0.29) is 5.75 Å². The average molecular weight is 433 g/mol. The number of nitrogen functional groups attached to an aromatic ring is 1. The summed E-state index contributed by atoms with van der Waals surface area (Å²) in [6, 6.07) is 18.0. The number of phenols is 1. The number of rotatable bonds is 7. The van der Waals surface area contributed by atoms with Crippen molar-refractivity contribution >= 4 is 24.8 Å². The molecule has 2 heterocycles. The lowest BCUT2D eigenvalue weighted by Gasteiger charge is -2.15. The number of fused-ring (bicyclic) bond motifs is 1. The first kappa shape index (κ1) is 21.1. The summed E-state index contributed by atoms with van der Waals surface area (Å²) in [7, 11) is -1.15. The lowest BCUT2D eigenvalue weighted by Crippen LogP contribution is -2.22. The van der Waals surface area contributed by atoms with Gasteiger partial charge in [-0.1, -0.05) is 31.8 Å². The molecule has 6 nitrogen and oxygen atoms in total. The fraction of sp³-hybridized carbons (Fsp3) is 0.250. The number of aromatic nitrogens is 3. The molecule has 0 aliphatic carbocycles. The SMILES string of the molecule is C[Si](C)(C)CCOCn1nc(-c2ccc(O)cc2)c2cc(-c3ccc(N)cc3)cnc21. The topological polar surface area (TPSA) is 86.2 Å². The number of pyridine rings is 1. The van der Waals surface area contributed by atoms with Gasteiger partial charge in [0.15, 0.2) is 5.65 Å². The molecule has 3 N–H and O–H groups in total.